The van der Waals surface area contributed by atoms with Gasteiger partial charge in [0.15, 0.2) is 5.76 Å². The summed E-state index contributed by atoms with van der Waals surface area (Å²) in [7, 11) is 0. The number of aromatic nitrogens is 2. The highest BCUT2D eigenvalue weighted by molar-refractivity contribution is 7.10. The molecule has 1 fully saturated rings. The van der Waals surface area contributed by atoms with Gasteiger partial charge in [0.05, 0.1) is 12.3 Å². The van der Waals surface area contributed by atoms with E-state index in [9.17, 15) is 14.4 Å². The predicted molar refractivity (Wildman–Crippen MR) is 88.1 cm³/mol. The molecule has 0 bridgehead atoms. The van der Waals surface area contributed by atoms with Crippen LogP contribution in [0.4, 0.5) is 5.95 Å². The monoisotopic (exact) mass is 353 g/mol. The van der Waals surface area contributed by atoms with Crippen LogP contribution in [0.5, 0.6) is 0 Å². The van der Waals surface area contributed by atoms with Crippen molar-refractivity contribution in [1.29, 1.82) is 0 Å². The van der Waals surface area contributed by atoms with E-state index in [-0.39, 0.29) is 11.7 Å². The third kappa shape index (κ3) is 2.47. The van der Waals surface area contributed by atoms with Crippen molar-refractivity contribution in [3.63, 3.8) is 0 Å². The number of carbonyl (C=O) groups excluding carboxylic acids is 3. The molecule has 0 radical (unpaired) electrons. The molecule has 1 saturated heterocycles. The van der Waals surface area contributed by atoms with E-state index in [2.05, 4.69) is 9.97 Å². The molecule has 0 aliphatic carbocycles. The minimum absolute atomic E-state index is 0.0449. The van der Waals surface area contributed by atoms with Crippen molar-refractivity contribution < 1.29 is 18.8 Å². The van der Waals surface area contributed by atoms with Gasteiger partial charge in [-0.2, -0.15) is 0 Å². The molecular weight excluding hydrogens is 342 g/mol. The van der Waals surface area contributed by atoms with Gasteiger partial charge < -0.3 is 4.42 Å². The van der Waals surface area contributed by atoms with Crippen LogP contribution in [0.2, 0.25) is 0 Å². The molecule has 3 aromatic rings. The van der Waals surface area contributed by atoms with Gasteiger partial charge in [-0.15, -0.1) is 11.3 Å². The number of anilines is 1. The number of amides is 1. The molecule has 0 saturated carbocycles. The van der Waals surface area contributed by atoms with Crippen molar-refractivity contribution in [3.8, 4) is 0 Å². The van der Waals surface area contributed by atoms with Crippen LogP contribution >= 0.6 is 11.3 Å². The number of thiophene rings is 1. The van der Waals surface area contributed by atoms with Crippen LogP contribution in [0.3, 0.4) is 0 Å². The van der Waals surface area contributed by atoms with E-state index < -0.39 is 29.4 Å². The van der Waals surface area contributed by atoms with E-state index in [0.29, 0.717) is 4.88 Å². The smallest absolute Gasteiger partial charge is 0.298 e. The maximum absolute atomic E-state index is 12.8. The molecule has 3 aromatic heterocycles. The summed E-state index contributed by atoms with van der Waals surface area (Å²) < 4.78 is 5.14. The summed E-state index contributed by atoms with van der Waals surface area (Å²) >= 11 is 1.36. The Balaban J connectivity index is 1.84. The Labute approximate surface area is 145 Å². The van der Waals surface area contributed by atoms with Gasteiger partial charge in [-0.3, -0.25) is 19.3 Å². The highest BCUT2D eigenvalue weighted by atomic mass is 32.1. The van der Waals surface area contributed by atoms with E-state index in [4.69, 9.17) is 4.42 Å². The number of furan rings is 1. The molecule has 2 unspecified atom stereocenters. The molecule has 0 spiro atoms. The SMILES string of the molecule is O=C1C(=O)N(c2ncccn2)C(c2cccs2)C1C(=O)c1ccco1. The number of hydrogen-bond acceptors (Lipinski definition) is 7. The Morgan fingerprint density at radius 1 is 1.12 bits per heavy atom. The summed E-state index contributed by atoms with van der Waals surface area (Å²) in [5.41, 5.74) is 0. The minimum atomic E-state index is -1.19. The highest BCUT2D eigenvalue weighted by Gasteiger charge is 2.54. The lowest BCUT2D eigenvalue weighted by Gasteiger charge is -2.23. The number of carbonyl (C=O) groups is 3. The first kappa shape index (κ1) is 15.4. The number of Topliss-reactive ketones (excluding diaryl/α,β-unsaturated/α-hetero) is 2. The lowest BCUT2D eigenvalue weighted by molar-refractivity contribution is -0.135. The maximum Gasteiger partial charge on any atom is 0.298 e. The van der Waals surface area contributed by atoms with E-state index >= 15 is 0 Å². The molecule has 2 atom stereocenters. The summed E-state index contributed by atoms with van der Waals surface area (Å²) in [6.45, 7) is 0. The van der Waals surface area contributed by atoms with Crippen molar-refractivity contribution in [1.82, 2.24) is 9.97 Å². The topological polar surface area (TPSA) is 93.4 Å². The van der Waals surface area contributed by atoms with Gasteiger partial charge in [0, 0.05) is 17.3 Å². The van der Waals surface area contributed by atoms with E-state index in [0.717, 1.165) is 0 Å². The first-order valence-electron chi connectivity index (χ1n) is 7.44. The highest BCUT2D eigenvalue weighted by Crippen LogP contribution is 2.41. The fraction of sp³-hybridized carbons (Fsp3) is 0.118. The molecule has 8 heteroatoms. The predicted octanol–water partition coefficient (Wildman–Crippen LogP) is 2.29. The third-order valence-corrected chi connectivity index (χ3v) is 4.90. The minimum Gasteiger partial charge on any atom is -0.461 e. The summed E-state index contributed by atoms with van der Waals surface area (Å²) in [5, 5.41) is 1.82. The lowest BCUT2D eigenvalue weighted by atomic mass is 9.92. The average Bonchev–Trinajstić information content (AvgIpc) is 3.37. The van der Waals surface area contributed by atoms with Gasteiger partial charge >= 0.3 is 0 Å². The second kappa shape index (κ2) is 6.06. The van der Waals surface area contributed by atoms with Crippen LogP contribution in [0.15, 0.2) is 58.8 Å². The largest absolute Gasteiger partial charge is 0.461 e. The van der Waals surface area contributed by atoms with Gasteiger partial charge in [0.1, 0.15) is 5.92 Å². The van der Waals surface area contributed by atoms with Crippen molar-refractivity contribution in [2.75, 3.05) is 4.90 Å². The summed E-state index contributed by atoms with van der Waals surface area (Å²) in [4.78, 5) is 48.1. The summed E-state index contributed by atoms with van der Waals surface area (Å²) in [5.74, 6) is -3.17. The first-order chi connectivity index (χ1) is 12.2. The van der Waals surface area contributed by atoms with Crippen LogP contribution in [0.1, 0.15) is 21.5 Å². The molecule has 1 aliphatic rings. The van der Waals surface area contributed by atoms with Crippen molar-refractivity contribution in [3.05, 3.63) is 65.0 Å². The zero-order valence-electron chi connectivity index (χ0n) is 12.7. The Kier molecular flexibility index (Phi) is 3.73. The Bertz CT molecular complexity index is 922. The molecule has 124 valence electrons. The molecule has 4 rings (SSSR count). The van der Waals surface area contributed by atoms with E-state index in [1.165, 1.54) is 41.0 Å². The molecule has 4 heterocycles. The molecule has 7 nitrogen and oxygen atoms in total. The van der Waals surface area contributed by atoms with Crippen LogP contribution in [0, 0.1) is 5.92 Å². The third-order valence-electron chi connectivity index (χ3n) is 3.95. The first-order valence-corrected chi connectivity index (χ1v) is 8.32. The molecule has 1 aliphatic heterocycles. The van der Waals surface area contributed by atoms with Gasteiger partial charge in [-0.05, 0) is 29.6 Å². The Hall–Kier alpha value is -3.13. The molecule has 0 N–H and O–H groups in total. The van der Waals surface area contributed by atoms with E-state index in [1.54, 1.807) is 24.3 Å². The van der Waals surface area contributed by atoms with Crippen LogP contribution in [0.25, 0.3) is 0 Å². The fourth-order valence-electron chi connectivity index (χ4n) is 2.89. The number of nitrogens with zero attached hydrogens (tertiary/aromatic N) is 3. The Morgan fingerprint density at radius 2 is 1.92 bits per heavy atom. The van der Waals surface area contributed by atoms with Crippen LogP contribution in [-0.4, -0.2) is 27.4 Å². The zero-order chi connectivity index (χ0) is 17.4. The fourth-order valence-corrected chi connectivity index (χ4v) is 3.74. The van der Waals surface area contributed by atoms with Gasteiger partial charge in [0.25, 0.3) is 5.91 Å². The molecule has 1 amide bonds. The standard InChI is InChI=1S/C17H11N3O4S/c21-14(10-4-1-8-24-10)12-13(11-5-2-9-25-11)20(16(23)15(12)22)17-18-6-3-7-19-17/h1-9,12-13H. The lowest BCUT2D eigenvalue weighted by Crippen LogP contribution is -2.31. The average molecular weight is 353 g/mol. The summed E-state index contributed by atoms with van der Waals surface area (Å²) in [6.07, 6.45) is 4.31. The zero-order valence-corrected chi connectivity index (χ0v) is 13.6. The normalized spacial score (nSPS) is 20.2. The Morgan fingerprint density at radius 3 is 2.56 bits per heavy atom. The number of ketones is 2. The molecule has 0 aromatic carbocycles. The molecular formula is C17H11N3O4S. The van der Waals surface area contributed by atoms with Crippen LogP contribution < -0.4 is 4.90 Å². The maximum atomic E-state index is 12.8. The van der Waals surface area contributed by atoms with Crippen molar-refractivity contribution in [2.24, 2.45) is 5.92 Å². The number of rotatable bonds is 4. The van der Waals surface area contributed by atoms with Crippen molar-refractivity contribution in [2.45, 2.75) is 6.04 Å². The number of hydrogen-bond donors (Lipinski definition) is 0. The summed E-state index contributed by atoms with van der Waals surface area (Å²) in [6, 6.07) is 7.43. The van der Waals surface area contributed by atoms with E-state index in [1.807, 2.05) is 5.38 Å². The molecule has 25 heavy (non-hydrogen) atoms. The second-order valence-corrected chi connectivity index (χ2v) is 6.35. The quantitative estimate of drug-likeness (QED) is 0.406. The second-order valence-electron chi connectivity index (χ2n) is 5.37. The van der Waals surface area contributed by atoms with Crippen LogP contribution in [-0.2, 0) is 9.59 Å². The van der Waals surface area contributed by atoms with Gasteiger partial charge in [0.2, 0.25) is 17.5 Å². The van der Waals surface area contributed by atoms with Gasteiger partial charge in [-0.25, -0.2) is 9.97 Å². The van der Waals surface area contributed by atoms with Gasteiger partial charge in [-0.1, -0.05) is 6.07 Å². The van der Waals surface area contributed by atoms with Crippen molar-refractivity contribution >= 4 is 34.8 Å².